The van der Waals surface area contributed by atoms with Crippen LogP contribution in [-0.2, 0) is 10.0 Å². The molecule has 0 aliphatic heterocycles. The highest BCUT2D eigenvalue weighted by atomic mass is 32.2. The van der Waals surface area contributed by atoms with Crippen molar-refractivity contribution in [3.8, 4) is 11.8 Å². The summed E-state index contributed by atoms with van der Waals surface area (Å²) < 4.78 is 27.9. The summed E-state index contributed by atoms with van der Waals surface area (Å²) in [6, 6.07) is 9.97. The zero-order chi connectivity index (χ0) is 17.7. The molecule has 0 aliphatic rings. The number of nitrogens with two attached hydrogens (primary N) is 1. The van der Waals surface area contributed by atoms with Crippen molar-refractivity contribution in [2.45, 2.75) is 23.8 Å². The van der Waals surface area contributed by atoms with Crippen molar-refractivity contribution in [1.29, 1.82) is 5.26 Å². The number of pyridine rings is 1. The molecule has 1 heterocycles. The minimum atomic E-state index is -3.70. The fraction of sp³-hybridized carbons (Fsp3) is 0.250. The normalized spacial score (nSPS) is 11.1. The van der Waals surface area contributed by atoms with Crippen LogP contribution in [-0.4, -0.2) is 25.8 Å². The number of aryl methyl sites for hydroxylation is 2. The summed E-state index contributed by atoms with van der Waals surface area (Å²) >= 11 is 1.45. The lowest BCUT2D eigenvalue weighted by Gasteiger charge is -2.09. The Kier molecular flexibility index (Phi) is 5.83. The van der Waals surface area contributed by atoms with Gasteiger partial charge in [-0.25, -0.2) is 18.5 Å². The Morgan fingerprint density at radius 3 is 2.54 bits per heavy atom. The summed E-state index contributed by atoms with van der Waals surface area (Å²) in [6.07, 6.45) is 0. The van der Waals surface area contributed by atoms with E-state index in [0.717, 1.165) is 11.3 Å². The minimum Gasteiger partial charge on any atom is -0.493 e. The first-order valence-corrected chi connectivity index (χ1v) is 9.61. The molecule has 0 atom stereocenters. The van der Waals surface area contributed by atoms with Gasteiger partial charge in [0, 0.05) is 11.4 Å². The fourth-order valence-electron chi connectivity index (χ4n) is 2.07. The Morgan fingerprint density at radius 1 is 1.29 bits per heavy atom. The number of ether oxygens (including phenoxy) is 1. The van der Waals surface area contributed by atoms with Crippen LogP contribution in [0, 0.1) is 25.2 Å². The molecule has 2 N–H and O–H groups in total. The van der Waals surface area contributed by atoms with E-state index >= 15 is 0 Å². The molecule has 0 saturated carbocycles. The molecule has 2 rings (SSSR count). The third-order valence-corrected chi connectivity index (χ3v) is 5.04. The van der Waals surface area contributed by atoms with E-state index in [4.69, 9.17) is 9.88 Å². The third kappa shape index (κ3) is 4.71. The number of rotatable bonds is 6. The molecule has 24 heavy (non-hydrogen) atoms. The van der Waals surface area contributed by atoms with Gasteiger partial charge in [0.1, 0.15) is 16.8 Å². The molecular weight excluding hydrogens is 346 g/mol. The molecule has 0 bridgehead atoms. The van der Waals surface area contributed by atoms with Crippen molar-refractivity contribution in [2.24, 2.45) is 5.14 Å². The molecule has 2 aromatic rings. The lowest BCUT2D eigenvalue weighted by Crippen LogP contribution is -2.11. The number of sulfonamides is 1. The van der Waals surface area contributed by atoms with E-state index in [-0.39, 0.29) is 4.90 Å². The number of hydrogen-bond acceptors (Lipinski definition) is 6. The highest BCUT2D eigenvalue weighted by Crippen LogP contribution is 2.23. The van der Waals surface area contributed by atoms with Crippen LogP contribution in [0.2, 0.25) is 0 Å². The van der Waals surface area contributed by atoms with Crippen molar-refractivity contribution in [3.63, 3.8) is 0 Å². The highest BCUT2D eigenvalue weighted by Gasteiger charge is 2.10. The molecule has 1 aromatic carbocycles. The van der Waals surface area contributed by atoms with Crippen molar-refractivity contribution >= 4 is 21.8 Å². The molecule has 0 fully saturated rings. The van der Waals surface area contributed by atoms with E-state index in [1.165, 1.54) is 23.9 Å². The largest absolute Gasteiger partial charge is 0.493 e. The topological polar surface area (TPSA) is 106 Å². The van der Waals surface area contributed by atoms with Gasteiger partial charge in [-0.05, 0) is 49.7 Å². The zero-order valence-electron chi connectivity index (χ0n) is 13.3. The van der Waals surface area contributed by atoms with Gasteiger partial charge in [-0.3, -0.25) is 0 Å². The van der Waals surface area contributed by atoms with Crippen LogP contribution < -0.4 is 9.88 Å². The van der Waals surface area contributed by atoms with Gasteiger partial charge in [0.25, 0.3) is 0 Å². The SMILES string of the molecule is Cc1cc(C)c(C#N)c(SCCOc2ccc(S(N)(=O)=O)cc2)n1. The number of primary sulfonamides is 1. The molecule has 0 unspecified atom stereocenters. The monoisotopic (exact) mass is 363 g/mol. The van der Waals surface area contributed by atoms with Crippen LogP contribution in [0.25, 0.3) is 0 Å². The second kappa shape index (κ2) is 7.66. The molecule has 8 heteroatoms. The van der Waals surface area contributed by atoms with Crippen LogP contribution in [0.3, 0.4) is 0 Å². The van der Waals surface area contributed by atoms with Crippen molar-refractivity contribution in [1.82, 2.24) is 4.98 Å². The lowest BCUT2D eigenvalue weighted by molar-refractivity contribution is 0.343. The van der Waals surface area contributed by atoms with Crippen LogP contribution in [0.4, 0.5) is 0 Å². The van der Waals surface area contributed by atoms with Gasteiger partial charge in [-0.1, -0.05) is 0 Å². The van der Waals surface area contributed by atoms with E-state index < -0.39 is 10.0 Å². The van der Waals surface area contributed by atoms with Crippen molar-refractivity contribution in [3.05, 3.63) is 47.2 Å². The van der Waals surface area contributed by atoms with Crippen molar-refractivity contribution < 1.29 is 13.2 Å². The number of nitriles is 1. The summed E-state index contributed by atoms with van der Waals surface area (Å²) in [7, 11) is -3.70. The minimum absolute atomic E-state index is 0.0438. The maximum Gasteiger partial charge on any atom is 0.238 e. The van der Waals surface area contributed by atoms with Gasteiger partial charge in [0.15, 0.2) is 0 Å². The first-order chi connectivity index (χ1) is 11.3. The highest BCUT2D eigenvalue weighted by molar-refractivity contribution is 7.99. The molecule has 0 radical (unpaired) electrons. The Balaban J connectivity index is 1.93. The van der Waals surface area contributed by atoms with E-state index in [1.54, 1.807) is 12.1 Å². The van der Waals surface area contributed by atoms with Gasteiger partial charge in [-0.2, -0.15) is 5.26 Å². The van der Waals surface area contributed by atoms with Crippen LogP contribution in [0.1, 0.15) is 16.8 Å². The predicted octanol–water partition coefficient (Wildman–Crippen LogP) is 2.39. The van der Waals surface area contributed by atoms with Gasteiger partial charge < -0.3 is 4.74 Å². The second-order valence-corrected chi connectivity index (χ2v) is 7.73. The third-order valence-electron chi connectivity index (χ3n) is 3.17. The van der Waals surface area contributed by atoms with Gasteiger partial charge in [0.2, 0.25) is 10.0 Å². The molecule has 0 amide bonds. The summed E-state index contributed by atoms with van der Waals surface area (Å²) in [4.78, 5) is 4.44. The van der Waals surface area contributed by atoms with Crippen LogP contribution in [0.5, 0.6) is 5.75 Å². The smallest absolute Gasteiger partial charge is 0.238 e. The van der Waals surface area contributed by atoms with E-state index in [0.29, 0.717) is 28.7 Å². The van der Waals surface area contributed by atoms with Gasteiger partial charge in [-0.15, -0.1) is 11.8 Å². The standard InChI is InChI=1S/C16H17N3O3S2/c1-11-9-12(2)19-16(15(11)10-17)23-8-7-22-13-3-5-14(6-4-13)24(18,20)21/h3-6,9H,7-8H2,1-2H3,(H2,18,20,21). The van der Waals surface area contributed by atoms with E-state index in [2.05, 4.69) is 11.1 Å². The maximum absolute atomic E-state index is 11.2. The molecule has 6 nitrogen and oxygen atoms in total. The summed E-state index contributed by atoms with van der Waals surface area (Å²) in [5, 5.41) is 15.0. The Bertz CT molecular complexity index is 873. The maximum atomic E-state index is 11.2. The molecule has 0 spiro atoms. The van der Waals surface area contributed by atoms with Gasteiger partial charge >= 0.3 is 0 Å². The van der Waals surface area contributed by atoms with E-state index in [1.807, 2.05) is 19.9 Å². The molecule has 0 aliphatic carbocycles. The Hall–Kier alpha value is -2.08. The Morgan fingerprint density at radius 2 is 1.96 bits per heavy atom. The van der Waals surface area contributed by atoms with Crippen LogP contribution >= 0.6 is 11.8 Å². The Labute approximate surface area is 145 Å². The van der Waals surface area contributed by atoms with Gasteiger partial charge in [0.05, 0.1) is 17.1 Å². The lowest BCUT2D eigenvalue weighted by atomic mass is 10.1. The summed E-state index contributed by atoms with van der Waals surface area (Å²) in [6.45, 7) is 4.18. The summed E-state index contributed by atoms with van der Waals surface area (Å²) in [5.74, 6) is 1.17. The first-order valence-electron chi connectivity index (χ1n) is 7.08. The number of thioether (sulfide) groups is 1. The molecule has 0 saturated heterocycles. The quantitative estimate of drug-likeness (QED) is 0.624. The number of benzene rings is 1. The second-order valence-electron chi connectivity index (χ2n) is 5.09. The number of nitrogens with zero attached hydrogens (tertiary/aromatic N) is 2. The predicted molar refractivity (Wildman–Crippen MR) is 92.5 cm³/mol. The van der Waals surface area contributed by atoms with Crippen molar-refractivity contribution in [2.75, 3.05) is 12.4 Å². The van der Waals surface area contributed by atoms with E-state index in [9.17, 15) is 13.7 Å². The molecular formula is C16H17N3O3S2. The number of aromatic nitrogens is 1. The zero-order valence-corrected chi connectivity index (χ0v) is 14.9. The fourth-order valence-corrected chi connectivity index (χ4v) is 3.50. The first kappa shape index (κ1) is 18.3. The average Bonchev–Trinajstić information content (AvgIpc) is 2.51. The summed E-state index contributed by atoms with van der Waals surface area (Å²) in [5.41, 5.74) is 2.36. The molecule has 1 aromatic heterocycles. The van der Waals surface area contributed by atoms with Crippen LogP contribution in [0.15, 0.2) is 40.3 Å². The number of hydrogen-bond donors (Lipinski definition) is 1. The molecule has 126 valence electrons. The average molecular weight is 363 g/mol.